The van der Waals surface area contributed by atoms with Crippen molar-refractivity contribution in [2.24, 2.45) is 11.5 Å². The average molecular weight is 411 g/mol. The maximum Gasteiger partial charge on any atom is 0.0431 e. The van der Waals surface area contributed by atoms with Crippen LogP contribution in [0, 0.1) is 0 Å². The van der Waals surface area contributed by atoms with Gasteiger partial charge in [-0.25, -0.2) is 0 Å². The van der Waals surface area contributed by atoms with E-state index < -0.39 is 0 Å². The van der Waals surface area contributed by atoms with Crippen LogP contribution >= 0.6 is 0 Å². The average Bonchev–Trinajstić information content (AvgIpc) is 2.71. The molecule has 0 radical (unpaired) electrons. The predicted octanol–water partition coefficient (Wildman–Crippen LogP) is 0.00280. The van der Waals surface area contributed by atoms with Gasteiger partial charge in [0.15, 0.2) is 0 Å². The molecule has 0 aliphatic rings. The van der Waals surface area contributed by atoms with Crippen LogP contribution in [0.5, 0.6) is 0 Å². The summed E-state index contributed by atoms with van der Waals surface area (Å²) in [5.41, 5.74) is 11.6. The van der Waals surface area contributed by atoms with Gasteiger partial charge in [0, 0.05) is 50.7 Å². The number of aliphatic hydroxyl groups excluding tert-OH is 6. The summed E-state index contributed by atoms with van der Waals surface area (Å²) in [5, 5.41) is 52.4. The van der Waals surface area contributed by atoms with E-state index in [0.29, 0.717) is 38.5 Å². The molecule has 0 aromatic carbocycles. The van der Waals surface area contributed by atoms with Crippen molar-refractivity contribution in [3.05, 3.63) is 0 Å². The highest BCUT2D eigenvalue weighted by Crippen LogP contribution is 2.22. The molecular formula is C20H46N2O6. The van der Waals surface area contributed by atoms with E-state index >= 15 is 0 Å². The number of hydrogen-bond donors (Lipinski definition) is 8. The van der Waals surface area contributed by atoms with E-state index in [1.807, 2.05) is 0 Å². The minimum absolute atomic E-state index is 0.150. The molecule has 0 heterocycles. The lowest BCUT2D eigenvalue weighted by Gasteiger charge is -2.29. The molecule has 0 unspecified atom stereocenters. The molecule has 0 spiro atoms. The Morgan fingerprint density at radius 3 is 0.607 bits per heavy atom. The van der Waals surface area contributed by atoms with E-state index in [2.05, 4.69) is 0 Å². The molecule has 0 saturated carbocycles. The summed E-state index contributed by atoms with van der Waals surface area (Å²) < 4.78 is 0. The molecule has 8 heteroatoms. The van der Waals surface area contributed by atoms with Crippen molar-refractivity contribution in [2.45, 2.75) is 88.1 Å². The summed E-state index contributed by atoms with van der Waals surface area (Å²) in [7, 11) is 0. The Bertz CT molecular complexity index is 248. The van der Waals surface area contributed by atoms with Crippen LogP contribution in [-0.4, -0.2) is 81.4 Å². The molecule has 10 N–H and O–H groups in total. The molecule has 0 rings (SSSR count). The van der Waals surface area contributed by atoms with Crippen molar-refractivity contribution in [1.29, 1.82) is 0 Å². The second kappa shape index (κ2) is 20.0. The highest BCUT2D eigenvalue weighted by molar-refractivity contribution is 4.84. The van der Waals surface area contributed by atoms with Gasteiger partial charge in [-0.3, -0.25) is 0 Å². The first-order chi connectivity index (χ1) is 13.4. The Balaban J connectivity index is 0. The van der Waals surface area contributed by atoms with Gasteiger partial charge in [0.05, 0.1) is 0 Å². The highest BCUT2D eigenvalue weighted by Gasteiger charge is 2.23. The largest absolute Gasteiger partial charge is 0.396 e. The first kappa shape index (κ1) is 29.9. The van der Waals surface area contributed by atoms with Crippen LogP contribution < -0.4 is 11.5 Å². The van der Waals surface area contributed by atoms with Gasteiger partial charge in [-0.1, -0.05) is 0 Å². The molecule has 0 amide bonds. The van der Waals surface area contributed by atoms with Gasteiger partial charge in [-0.05, 0) is 77.0 Å². The van der Waals surface area contributed by atoms with Gasteiger partial charge in [-0.15, -0.1) is 0 Å². The summed E-state index contributed by atoms with van der Waals surface area (Å²) in [6.07, 6.45) is 8.65. The Kier molecular flexibility index (Phi) is 21.3. The zero-order valence-corrected chi connectivity index (χ0v) is 17.6. The smallest absolute Gasteiger partial charge is 0.0431 e. The molecule has 0 atom stereocenters. The maximum absolute atomic E-state index is 8.73. The molecule has 0 aromatic heterocycles. The van der Waals surface area contributed by atoms with Crippen LogP contribution in [0.15, 0.2) is 0 Å². The Morgan fingerprint density at radius 2 is 0.500 bits per heavy atom. The minimum Gasteiger partial charge on any atom is -0.396 e. The Morgan fingerprint density at radius 1 is 0.357 bits per heavy atom. The quantitative estimate of drug-likeness (QED) is 0.156. The molecule has 0 aliphatic heterocycles. The lowest BCUT2D eigenvalue weighted by Crippen LogP contribution is -2.40. The highest BCUT2D eigenvalue weighted by atomic mass is 16.3. The van der Waals surface area contributed by atoms with Gasteiger partial charge in [0.2, 0.25) is 0 Å². The number of aliphatic hydroxyl groups is 6. The minimum atomic E-state index is -0.325. The predicted molar refractivity (Wildman–Crippen MR) is 112 cm³/mol. The van der Waals surface area contributed by atoms with Gasteiger partial charge in [0.25, 0.3) is 0 Å². The summed E-state index contributed by atoms with van der Waals surface area (Å²) in [4.78, 5) is 0. The van der Waals surface area contributed by atoms with Crippen LogP contribution in [-0.2, 0) is 0 Å². The summed E-state index contributed by atoms with van der Waals surface area (Å²) >= 11 is 0. The zero-order chi connectivity index (χ0) is 21.7. The van der Waals surface area contributed by atoms with E-state index in [-0.39, 0.29) is 50.7 Å². The van der Waals surface area contributed by atoms with E-state index in [4.69, 9.17) is 42.1 Å². The van der Waals surface area contributed by atoms with Crippen molar-refractivity contribution in [2.75, 3.05) is 39.6 Å². The monoisotopic (exact) mass is 410 g/mol. The molecule has 0 fully saturated rings. The summed E-state index contributed by atoms with van der Waals surface area (Å²) in [6.45, 7) is 0.900. The zero-order valence-electron chi connectivity index (χ0n) is 17.6. The normalized spacial score (nSPS) is 12.0. The number of hydrogen-bond acceptors (Lipinski definition) is 8. The van der Waals surface area contributed by atoms with E-state index in [0.717, 1.165) is 38.5 Å². The Labute approximate surface area is 170 Å². The lowest BCUT2D eigenvalue weighted by molar-refractivity contribution is 0.208. The molecule has 8 nitrogen and oxygen atoms in total. The van der Waals surface area contributed by atoms with Gasteiger partial charge < -0.3 is 42.1 Å². The van der Waals surface area contributed by atoms with Crippen molar-refractivity contribution in [3.8, 4) is 0 Å². The second-order valence-corrected chi connectivity index (χ2v) is 7.69. The van der Waals surface area contributed by atoms with Crippen molar-refractivity contribution in [1.82, 2.24) is 0 Å². The van der Waals surface area contributed by atoms with Crippen LogP contribution in [0.25, 0.3) is 0 Å². The third-order valence-electron chi connectivity index (χ3n) is 5.00. The number of rotatable bonds is 18. The van der Waals surface area contributed by atoms with Crippen LogP contribution in [0.1, 0.15) is 77.0 Å². The fourth-order valence-electron chi connectivity index (χ4n) is 3.34. The molecule has 28 heavy (non-hydrogen) atoms. The third kappa shape index (κ3) is 17.8. The standard InChI is InChI=1S/2C10H23NO3/c2*11-10(4-1-7-12,5-2-8-13)6-3-9-14/h2*12-14H,1-9,11H2. The molecule has 0 saturated heterocycles. The van der Waals surface area contributed by atoms with E-state index in [9.17, 15) is 0 Å². The summed E-state index contributed by atoms with van der Waals surface area (Å²) in [6, 6.07) is 0. The van der Waals surface area contributed by atoms with Gasteiger partial charge in [0.1, 0.15) is 0 Å². The van der Waals surface area contributed by atoms with Crippen LogP contribution in [0.4, 0.5) is 0 Å². The SMILES string of the molecule is NC(CCCO)(CCCO)CCCO.NC(CCCO)(CCCO)CCCO. The fraction of sp³-hybridized carbons (Fsp3) is 1.00. The molecule has 0 aromatic rings. The molecule has 0 bridgehead atoms. The van der Waals surface area contributed by atoms with E-state index in [1.54, 1.807) is 0 Å². The lowest BCUT2D eigenvalue weighted by atomic mass is 9.85. The summed E-state index contributed by atoms with van der Waals surface area (Å²) in [5.74, 6) is 0. The third-order valence-corrected chi connectivity index (χ3v) is 5.00. The van der Waals surface area contributed by atoms with E-state index in [1.165, 1.54) is 0 Å². The number of nitrogens with two attached hydrogens (primary N) is 2. The second-order valence-electron chi connectivity index (χ2n) is 7.69. The van der Waals surface area contributed by atoms with Gasteiger partial charge >= 0.3 is 0 Å². The van der Waals surface area contributed by atoms with Crippen molar-refractivity contribution < 1.29 is 30.6 Å². The van der Waals surface area contributed by atoms with Crippen molar-refractivity contribution >= 4 is 0 Å². The van der Waals surface area contributed by atoms with Crippen LogP contribution in [0.3, 0.4) is 0 Å². The molecule has 172 valence electrons. The molecular weight excluding hydrogens is 364 g/mol. The maximum atomic E-state index is 8.73. The van der Waals surface area contributed by atoms with Gasteiger partial charge in [-0.2, -0.15) is 0 Å². The van der Waals surface area contributed by atoms with Crippen molar-refractivity contribution in [3.63, 3.8) is 0 Å². The Hall–Kier alpha value is -0.320. The topological polar surface area (TPSA) is 173 Å². The first-order valence-electron chi connectivity index (χ1n) is 10.6. The van der Waals surface area contributed by atoms with Crippen LogP contribution in [0.2, 0.25) is 0 Å². The molecule has 0 aliphatic carbocycles. The fourth-order valence-corrected chi connectivity index (χ4v) is 3.34. The first-order valence-corrected chi connectivity index (χ1v) is 10.6.